The van der Waals surface area contributed by atoms with Gasteiger partial charge in [-0.3, -0.25) is 0 Å². The fourth-order valence-corrected chi connectivity index (χ4v) is 5.06. The zero-order valence-corrected chi connectivity index (χ0v) is 16.6. The van der Waals surface area contributed by atoms with Crippen LogP contribution < -0.4 is 4.90 Å². The maximum absolute atomic E-state index is 3.80. The van der Waals surface area contributed by atoms with Crippen LogP contribution in [0.4, 0.5) is 17.1 Å². The molecule has 0 saturated heterocycles. The maximum Gasteiger partial charge on any atom is 0.0551 e. The SMILES string of the molecule is Brc1cccc2cccc(N3c4ccccc4-c4cccc5cccc3c45)c12. The van der Waals surface area contributed by atoms with E-state index >= 15 is 0 Å². The molecule has 132 valence electrons. The van der Waals surface area contributed by atoms with Gasteiger partial charge in [-0.25, -0.2) is 0 Å². The lowest BCUT2D eigenvalue weighted by atomic mass is 9.90. The number of fused-ring (bicyclic) bond motifs is 3. The van der Waals surface area contributed by atoms with Crippen LogP contribution in [0.15, 0.2) is 102 Å². The van der Waals surface area contributed by atoms with Crippen molar-refractivity contribution in [3.63, 3.8) is 0 Å². The van der Waals surface area contributed by atoms with E-state index in [4.69, 9.17) is 0 Å². The van der Waals surface area contributed by atoms with Gasteiger partial charge in [0.2, 0.25) is 0 Å². The van der Waals surface area contributed by atoms with Crippen LogP contribution in [0.1, 0.15) is 0 Å². The number of benzene rings is 5. The smallest absolute Gasteiger partial charge is 0.0551 e. The van der Waals surface area contributed by atoms with E-state index in [2.05, 4.69) is 118 Å². The van der Waals surface area contributed by atoms with Gasteiger partial charge in [0, 0.05) is 20.8 Å². The molecule has 0 aromatic heterocycles. The van der Waals surface area contributed by atoms with E-state index < -0.39 is 0 Å². The Kier molecular flexibility index (Phi) is 3.38. The van der Waals surface area contributed by atoms with Crippen molar-refractivity contribution in [3.8, 4) is 11.1 Å². The third-order valence-electron chi connectivity index (χ3n) is 5.63. The summed E-state index contributed by atoms with van der Waals surface area (Å²) in [6.45, 7) is 0. The number of rotatable bonds is 1. The highest BCUT2D eigenvalue weighted by Gasteiger charge is 2.26. The summed E-state index contributed by atoms with van der Waals surface area (Å²) in [5, 5.41) is 5.05. The Morgan fingerprint density at radius 3 is 1.79 bits per heavy atom. The zero-order chi connectivity index (χ0) is 18.7. The van der Waals surface area contributed by atoms with Crippen LogP contribution in [0.5, 0.6) is 0 Å². The molecule has 1 aliphatic heterocycles. The highest BCUT2D eigenvalue weighted by molar-refractivity contribution is 9.10. The molecule has 6 rings (SSSR count). The average molecular weight is 422 g/mol. The molecular weight excluding hydrogens is 406 g/mol. The molecule has 0 fully saturated rings. The first-order valence-electron chi connectivity index (χ1n) is 9.41. The van der Waals surface area contributed by atoms with Crippen LogP contribution in [0.2, 0.25) is 0 Å². The van der Waals surface area contributed by atoms with Crippen molar-refractivity contribution in [1.82, 2.24) is 0 Å². The van der Waals surface area contributed by atoms with Crippen molar-refractivity contribution in [2.24, 2.45) is 0 Å². The number of anilines is 3. The second kappa shape index (κ2) is 5.95. The summed E-state index contributed by atoms with van der Waals surface area (Å²) in [7, 11) is 0. The standard InChI is InChI=1S/C26H16BrN/c27-21-13-4-8-18-10-6-16-24(26(18)21)28-22-14-2-1-11-19(22)20-12-3-7-17-9-5-15-23(28)25(17)20/h1-16H. The molecule has 0 saturated carbocycles. The molecule has 0 amide bonds. The fourth-order valence-electron chi connectivity index (χ4n) is 4.48. The van der Waals surface area contributed by atoms with E-state index in [1.54, 1.807) is 0 Å². The minimum Gasteiger partial charge on any atom is -0.309 e. The second-order valence-corrected chi connectivity index (χ2v) is 8.00. The first-order chi connectivity index (χ1) is 13.8. The molecule has 0 spiro atoms. The quantitative estimate of drug-likeness (QED) is 0.258. The van der Waals surface area contributed by atoms with Crippen LogP contribution in [-0.4, -0.2) is 0 Å². The highest BCUT2D eigenvalue weighted by atomic mass is 79.9. The molecule has 1 heterocycles. The van der Waals surface area contributed by atoms with Crippen molar-refractivity contribution in [1.29, 1.82) is 0 Å². The van der Waals surface area contributed by atoms with E-state index in [0.717, 1.165) is 4.47 Å². The number of nitrogens with zero attached hydrogens (tertiary/aromatic N) is 1. The summed E-state index contributed by atoms with van der Waals surface area (Å²) >= 11 is 3.80. The van der Waals surface area contributed by atoms with Gasteiger partial charge in [-0.15, -0.1) is 0 Å². The van der Waals surface area contributed by atoms with Gasteiger partial charge >= 0.3 is 0 Å². The summed E-state index contributed by atoms with van der Waals surface area (Å²) in [6, 6.07) is 34.8. The van der Waals surface area contributed by atoms with Gasteiger partial charge in [-0.05, 0) is 40.6 Å². The molecule has 0 radical (unpaired) electrons. The molecule has 0 N–H and O–H groups in total. The average Bonchev–Trinajstić information content (AvgIpc) is 2.74. The molecule has 1 nitrogen and oxygen atoms in total. The van der Waals surface area contributed by atoms with Gasteiger partial charge in [0.05, 0.1) is 17.1 Å². The van der Waals surface area contributed by atoms with Crippen molar-refractivity contribution in [2.45, 2.75) is 0 Å². The van der Waals surface area contributed by atoms with Gasteiger partial charge < -0.3 is 4.90 Å². The van der Waals surface area contributed by atoms with Crippen molar-refractivity contribution in [2.75, 3.05) is 4.90 Å². The maximum atomic E-state index is 3.80. The topological polar surface area (TPSA) is 3.24 Å². The number of hydrogen-bond acceptors (Lipinski definition) is 1. The predicted octanol–water partition coefficient (Wildman–Crippen LogP) is 8.21. The molecule has 1 aliphatic rings. The summed E-state index contributed by atoms with van der Waals surface area (Å²) in [4.78, 5) is 2.41. The summed E-state index contributed by atoms with van der Waals surface area (Å²) in [6.07, 6.45) is 0. The Morgan fingerprint density at radius 2 is 1.00 bits per heavy atom. The van der Waals surface area contributed by atoms with Crippen LogP contribution in [-0.2, 0) is 0 Å². The molecule has 0 unspecified atom stereocenters. The van der Waals surface area contributed by atoms with E-state index in [0.29, 0.717) is 0 Å². The van der Waals surface area contributed by atoms with E-state index in [-0.39, 0.29) is 0 Å². The lowest BCUT2D eigenvalue weighted by Crippen LogP contribution is -2.15. The summed E-state index contributed by atoms with van der Waals surface area (Å²) < 4.78 is 1.11. The third kappa shape index (κ3) is 2.12. The van der Waals surface area contributed by atoms with Crippen LogP contribution in [0.3, 0.4) is 0 Å². The second-order valence-electron chi connectivity index (χ2n) is 7.15. The van der Waals surface area contributed by atoms with E-state index in [9.17, 15) is 0 Å². The van der Waals surface area contributed by atoms with Gasteiger partial charge in [0.1, 0.15) is 0 Å². The molecule has 5 aromatic rings. The Bertz CT molecular complexity index is 1380. The predicted molar refractivity (Wildman–Crippen MR) is 123 cm³/mol. The van der Waals surface area contributed by atoms with E-state index in [1.807, 2.05) is 0 Å². The lowest BCUT2D eigenvalue weighted by Gasteiger charge is -2.34. The molecule has 0 aliphatic carbocycles. The molecule has 0 bridgehead atoms. The monoisotopic (exact) mass is 421 g/mol. The zero-order valence-electron chi connectivity index (χ0n) is 15.1. The van der Waals surface area contributed by atoms with E-state index in [1.165, 1.54) is 49.7 Å². The largest absolute Gasteiger partial charge is 0.309 e. The van der Waals surface area contributed by atoms with Crippen molar-refractivity contribution >= 4 is 54.5 Å². The Hall–Kier alpha value is -3.10. The van der Waals surface area contributed by atoms with Crippen molar-refractivity contribution in [3.05, 3.63) is 102 Å². The van der Waals surface area contributed by atoms with Crippen LogP contribution in [0, 0.1) is 0 Å². The van der Waals surface area contributed by atoms with Gasteiger partial charge in [0.15, 0.2) is 0 Å². The number of hydrogen-bond donors (Lipinski definition) is 0. The molecule has 0 atom stereocenters. The van der Waals surface area contributed by atoms with Crippen LogP contribution >= 0.6 is 15.9 Å². The Labute approximate surface area is 172 Å². The van der Waals surface area contributed by atoms with Gasteiger partial charge in [-0.2, -0.15) is 0 Å². The molecule has 28 heavy (non-hydrogen) atoms. The van der Waals surface area contributed by atoms with Gasteiger partial charge in [-0.1, -0.05) is 88.7 Å². The first kappa shape index (κ1) is 15.9. The lowest BCUT2D eigenvalue weighted by molar-refractivity contribution is 1.30. The van der Waals surface area contributed by atoms with Crippen molar-refractivity contribution < 1.29 is 0 Å². The van der Waals surface area contributed by atoms with Gasteiger partial charge in [0.25, 0.3) is 0 Å². The highest BCUT2D eigenvalue weighted by Crippen LogP contribution is 2.52. The first-order valence-corrected chi connectivity index (χ1v) is 10.2. The molecular formula is C26H16BrN. The Balaban J connectivity index is 1.80. The Morgan fingerprint density at radius 1 is 0.464 bits per heavy atom. The van der Waals surface area contributed by atoms with Crippen LogP contribution in [0.25, 0.3) is 32.7 Å². The minimum atomic E-state index is 1.11. The third-order valence-corrected chi connectivity index (χ3v) is 6.29. The summed E-state index contributed by atoms with van der Waals surface area (Å²) in [5.74, 6) is 0. The fraction of sp³-hybridized carbons (Fsp3) is 0. The number of halogens is 1. The molecule has 2 heteroatoms. The molecule has 5 aromatic carbocycles. The normalized spacial score (nSPS) is 12.4. The summed E-state index contributed by atoms with van der Waals surface area (Å²) in [5.41, 5.74) is 6.22. The minimum absolute atomic E-state index is 1.11. The number of para-hydroxylation sites is 1.